The second-order valence-electron chi connectivity index (χ2n) is 15.0. The molecule has 0 saturated carbocycles. The lowest BCUT2D eigenvalue weighted by atomic mass is 9.77. The number of anilines is 1. The van der Waals surface area contributed by atoms with Crippen LogP contribution in [0, 0.1) is 5.92 Å². The van der Waals surface area contributed by atoms with Crippen molar-refractivity contribution in [3.05, 3.63) is 227 Å². The maximum Gasteiger partial charge on any atom is 0.155 e. The molecular weight excluding hydrogens is 701 g/mol. The van der Waals surface area contributed by atoms with E-state index in [1.165, 1.54) is 43.8 Å². The molecule has 5 unspecified atom stereocenters. The van der Waals surface area contributed by atoms with Gasteiger partial charge in [0.25, 0.3) is 0 Å². The van der Waals surface area contributed by atoms with Gasteiger partial charge < -0.3 is 4.90 Å². The monoisotopic (exact) mass is 738 g/mol. The van der Waals surface area contributed by atoms with E-state index in [4.69, 9.17) is 15.0 Å². The highest BCUT2D eigenvalue weighted by molar-refractivity contribution is 7.19. The van der Waals surface area contributed by atoms with Gasteiger partial charge in [0.2, 0.25) is 0 Å². The van der Waals surface area contributed by atoms with Crippen molar-refractivity contribution >= 4 is 49.9 Å². The van der Waals surface area contributed by atoms with Crippen LogP contribution in [0.15, 0.2) is 204 Å². The second kappa shape index (κ2) is 13.7. The smallest absolute Gasteiger partial charge is 0.155 e. The summed E-state index contributed by atoms with van der Waals surface area (Å²) in [5.74, 6) is 1.24. The quantitative estimate of drug-likeness (QED) is 0.171. The molecule has 0 spiro atoms. The number of hydrogen-bond donors (Lipinski definition) is 0. The predicted octanol–water partition coefficient (Wildman–Crippen LogP) is 11.7. The zero-order valence-corrected chi connectivity index (χ0v) is 31.5. The van der Waals surface area contributed by atoms with Crippen LogP contribution < -0.4 is 4.90 Å². The van der Waals surface area contributed by atoms with Crippen molar-refractivity contribution in [3.8, 4) is 0 Å². The molecule has 0 N–H and O–H groups in total. The third-order valence-electron chi connectivity index (χ3n) is 11.8. The Hall–Kier alpha value is -6.43. The van der Waals surface area contributed by atoms with Gasteiger partial charge >= 0.3 is 0 Å². The number of hydrogen-bond acceptors (Lipinski definition) is 5. The van der Waals surface area contributed by atoms with E-state index in [1.807, 2.05) is 6.07 Å². The number of nitrogens with zero attached hydrogens (tertiary/aromatic N) is 4. The summed E-state index contributed by atoms with van der Waals surface area (Å²) in [4.78, 5) is 18.2. The predicted molar refractivity (Wildman–Crippen MR) is 234 cm³/mol. The largest absolute Gasteiger partial charge is 0.356 e. The van der Waals surface area contributed by atoms with Crippen LogP contribution in [-0.2, 0) is 0 Å². The maximum absolute atomic E-state index is 5.17. The summed E-state index contributed by atoms with van der Waals surface area (Å²) in [6, 6.07) is 47.8. The van der Waals surface area contributed by atoms with Crippen LogP contribution in [0.1, 0.15) is 51.2 Å². The molecule has 1 aromatic heterocycles. The van der Waals surface area contributed by atoms with E-state index < -0.39 is 0 Å². The average Bonchev–Trinajstić information content (AvgIpc) is 3.86. The topological polar surface area (TPSA) is 40.9 Å². The molecule has 11 rings (SSSR count). The molecule has 2 aliphatic heterocycles. The van der Waals surface area contributed by atoms with Gasteiger partial charge in [0.15, 0.2) is 5.84 Å². The Morgan fingerprint density at radius 1 is 0.625 bits per heavy atom. The standard InChI is InChI=1S/C51H38N4S/c1-3-14-34(15-4-1)44-32-45(53-50(52-44)36-16-5-2-6-17-36)35-28-26-33(27-29-35)37-30-31-47(39-19-8-7-18-38(37)39)55-46-24-11-9-20-40(46)41-21-13-22-42(49(41)55)51-54-43-23-10-12-25-48(43)56-51/h1-31,39,41,44,47,49H,32H2. The van der Waals surface area contributed by atoms with Crippen molar-refractivity contribution in [1.82, 2.24) is 4.98 Å². The van der Waals surface area contributed by atoms with Gasteiger partial charge in [-0.15, -0.1) is 11.3 Å². The Balaban J connectivity index is 0.936. The van der Waals surface area contributed by atoms with Gasteiger partial charge in [-0.3, -0.25) is 4.99 Å². The molecule has 0 fully saturated rings. The number of rotatable bonds is 6. The van der Waals surface area contributed by atoms with Crippen LogP contribution in [0.5, 0.6) is 0 Å². The normalized spacial score (nSPS) is 23.4. The molecule has 268 valence electrons. The Labute approximate surface area is 331 Å². The summed E-state index contributed by atoms with van der Waals surface area (Å²) in [6.07, 6.45) is 21.7. The minimum absolute atomic E-state index is 0.0154. The maximum atomic E-state index is 5.17. The van der Waals surface area contributed by atoms with Crippen molar-refractivity contribution in [1.29, 1.82) is 0 Å². The fourth-order valence-corrected chi connectivity index (χ4v) is 10.3. The van der Waals surface area contributed by atoms with Crippen LogP contribution in [0.2, 0.25) is 0 Å². The van der Waals surface area contributed by atoms with Crippen LogP contribution in [-0.4, -0.2) is 28.6 Å². The zero-order valence-electron chi connectivity index (χ0n) is 30.7. The zero-order chi connectivity index (χ0) is 37.0. The van der Waals surface area contributed by atoms with Crippen molar-refractivity contribution in [2.75, 3.05) is 4.90 Å². The fourth-order valence-electron chi connectivity index (χ4n) is 9.23. The number of thiazole rings is 1. The first-order valence-electron chi connectivity index (χ1n) is 19.5. The molecule has 5 aromatic carbocycles. The lowest BCUT2D eigenvalue weighted by molar-refractivity contribution is 0.555. The van der Waals surface area contributed by atoms with Crippen LogP contribution in [0.25, 0.3) is 21.4 Å². The number of allylic oxidation sites excluding steroid dienone is 7. The van der Waals surface area contributed by atoms with E-state index in [0.717, 1.165) is 39.6 Å². The summed E-state index contributed by atoms with van der Waals surface area (Å²) in [7, 11) is 0. The van der Waals surface area contributed by atoms with Gasteiger partial charge in [-0.05, 0) is 51.6 Å². The number of aromatic nitrogens is 1. The number of amidine groups is 1. The summed E-state index contributed by atoms with van der Waals surface area (Å²) >= 11 is 1.80. The van der Waals surface area contributed by atoms with E-state index in [2.05, 4.69) is 187 Å². The summed E-state index contributed by atoms with van der Waals surface area (Å²) < 4.78 is 1.23. The first-order valence-corrected chi connectivity index (χ1v) is 20.3. The fraction of sp³-hybridized carbons (Fsp3) is 0.118. The number of benzene rings is 5. The van der Waals surface area contributed by atoms with Crippen LogP contribution in [0.4, 0.5) is 5.69 Å². The van der Waals surface area contributed by atoms with Gasteiger partial charge in [-0.1, -0.05) is 170 Å². The molecule has 0 saturated heterocycles. The van der Waals surface area contributed by atoms with Crippen molar-refractivity contribution in [2.24, 2.45) is 15.9 Å². The highest BCUT2D eigenvalue weighted by Crippen LogP contribution is 2.52. The summed E-state index contributed by atoms with van der Waals surface area (Å²) in [5.41, 5.74) is 13.3. The van der Waals surface area contributed by atoms with Gasteiger partial charge in [-0.2, -0.15) is 0 Å². The highest BCUT2D eigenvalue weighted by atomic mass is 32.1. The molecule has 6 aromatic rings. The van der Waals surface area contributed by atoms with Gasteiger partial charge in [0, 0.05) is 35.1 Å². The van der Waals surface area contributed by atoms with Gasteiger partial charge in [-0.25, -0.2) is 9.98 Å². The molecular formula is C51H38N4S. The molecule has 5 heteroatoms. The Kier molecular flexibility index (Phi) is 8.06. The SMILES string of the molecule is C1=CC2=C(c3ccc(C4=NC(c5ccccc5)=NC(c5ccccc5)C4)cc3)C=CC(N3c4ccccc4C4C=CC=C(c5nc6ccccc6s5)C43)C2C=C1. The average molecular weight is 739 g/mol. The number of para-hydroxylation sites is 2. The number of fused-ring (bicyclic) bond motifs is 5. The highest BCUT2D eigenvalue weighted by Gasteiger charge is 2.46. The van der Waals surface area contributed by atoms with E-state index in [-0.39, 0.29) is 30.0 Å². The van der Waals surface area contributed by atoms with E-state index in [0.29, 0.717) is 0 Å². The minimum Gasteiger partial charge on any atom is -0.356 e. The van der Waals surface area contributed by atoms with Gasteiger partial charge in [0.05, 0.1) is 34.1 Å². The third-order valence-corrected chi connectivity index (χ3v) is 12.9. The summed E-state index contributed by atoms with van der Waals surface area (Å²) in [6.45, 7) is 0. The lowest BCUT2D eigenvalue weighted by Gasteiger charge is -2.42. The van der Waals surface area contributed by atoms with Crippen molar-refractivity contribution in [2.45, 2.75) is 30.5 Å². The molecule has 5 aliphatic rings. The van der Waals surface area contributed by atoms with Crippen LogP contribution >= 0.6 is 11.3 Å². The van der Waals surface area contributed by atoms with E-state index in [1.54, 1.807) is 11.3 Å². The molecule has 4 nitrogen and oxygen atoms in total. The lowest BCUT2D eigenvalue weighted by Crippen LogP contribution is -2.47. The van der Waals surface area contributed by atoms with Crippen molar-refractivity contribution < 1.29 is 0 Å². The Morgan fingerprint density at radius 3 is 2.23 bits per heavy atom. The summed E-state index contributed by atoms with van der Waals surface area (Å²) in [5, 5.41) is 1.11. The second-order valence-corrected chi connectivity index (χ2v) is 16.0. The number of aliphatic imine (C=N–C) groups is 2. The molecule has 0 bridgehead atoms. The third kappa shape index (κ3) is 5.61. The first-order chi connectivity index (χ1) is 27.8. The van der Waals surface area contributed by atoms with Crippen LogP contribution in [0.3, 0.4) is 0 Å². The van der Waals surface area contributed by atoms with E-state index in [9.17, 15) is 0 Å². The molecule has 3 aliphatic carbocycles. The Bertz CT molecular complexity index is 2710. The Morgan fingerprint density at radius 2 is 1.38 bits per heavy atom. The van der Waals surface area contributed by atoms with E-state index >= 15 is 0 Å². The van der Waals surface area contributed by atoms with Gasteiger partial charge in [0.1, 0.15) is 5.01 Å². The first kappa shape index (κ1) is 33.0. The molecule has 56 heavy (non-hydrogen) atoms. The van der Waals surface area contributed by atoms with Crippen molar-refractivity contribution in [3.63, 3.8) is 0 Å². The minimum atomic E-state index is 0.0154. The molecule has 0 amide bonds. The molecule has 3 heterocycles. The molecule has 0 radical (unpaired) electrons. The molecule has 5 atom stereocenters.